The Bertz CT molecular complexity index is 983. The van der Waals surface area contributed by atoms with Crippen LogP contribution in [0.2, 0.25) is 0 Å². The van der Waals surface area contributed by atoms with Gasteiger partial charge in [-0.05, 0) is 43.2 Å². The van der Waals surface area contributed by atoms with Crippen LogP contribution in [0, 0.1) is 5.92 Å². The SMILES string of the molecule is CCCCC(=O)N(Cc1ccc(C2OC3(C)CC2(c2nn[nH]n2)C3)cc1)[C@H](C(=O)O)C(C)C. The molecule has 1 unspecified atom stereocenters. The number of rotatable bonds is 10. The molecule has 5 rings (SSSR count). The van der Waals surface area contributed by atoms with Gasteiger partial charge in [0.15, 0.2) is 5.82 Å². The molecule has 33 heavy (non-hydrogen) atoms. The molecule has 2 N–H and O–H groups in total. The van der Waals surface area contributed by atoms with Crippen LogP contribution < -0.4 is 0 Å². The second-order valence-corrected chi connectivity index (χ2v) is 10.1. The van der Waals surface area contributed by atoms with E-state index in [2.05, 4.69) is 27.5 Å². The van der Waals surface area contributed by atoms with Crippen molar-refractivity contribution in [3.8, 4) is 0 Å². The minimum Gasteiger partial charge on any atom is -0.480 e. The number of tetrazole rings is 1. The van der Waals surface area contributed by atoms with Crippen LogP contribution in [-0.4, -0.2) is 54.1 Å². The highest BCUT2D eigenvalue weighted by atomic mass is 16.5. The van der Waals surface area contributed by atoms with Crippen LogP contribution in [0.4, 0.5) is 0 Å². The monoisotopic (exact) mass is 455 g/mol. The number of ether oxygens (including phenoxy) is 1. The Morgan fingerprint density at radius 1 is 1.27 bits per heavy atom. The van der Waals surface area contributed by atoms with Crippen LogP contribution in [0.15, 0.2) is 24.3 Å². The summed E-state index contributed by atoms with van der Waals surface area (Å²) in [6.07, 6.45) is 3.51. The first-order chi connectivity index (χ1) is 15.7. The minimum absolute atomic E-state index is 0.119. The van der Waals surface area contributed by atoms with Crippen molar-refractivity contribution in [1.29, 1.82) is 0 Å². The quantitative estimate of drug-likeness (QED) is 0.563. The predicted molar refractivity (Wildman–Crippen MR) is 120 cm³/mol. The number of carbonyl (C=O) groups is 2. The van der Waals surface area contributed by atoms with Gasteiger partial charge in [0, 0.05) is 13.0 Å². The first-order valence-corrected chi connectivity index (χ1v) is 11.7. The number of carboxylic acid groups (broad SMARTS) is 1. The van der Waals surface area contributed by atoms with Gasteiger partial charge in [0.1, 0.15) is 6.04 Å². The van der Waals surface area contributed by atoms with Gasteiger partial charge in [-0.25, -0.2) is 4.79 Å². The van der Waals surface area contributed by atoms with E-state index in [0.29, 0.717) is 12.2 Å². The molecule has 1 aromatic carbocycles. The minimum atomic E-state index is -0.971. The van der Waals surface area contributed by atoms with Gasteiger partial charge in [-0.3, -0.25) is 4.79 Å². The summed E-state index contributed by atoms with van der Waals surface area (Å²) in [5.41, 5.74) is 1.45. The zero-order chi connectivity index (χ0) is 23.8. The number of benzene rings is 1. The highest BCUT2D eigenvalue weighted by molar-refractivity contribution is 5.83. The Balaban J connectivity index is 1.55. The van der Waals surface area contributed by atoms with E-state index in [1.165, 1.54) is 4.90 Å². The number of fused-ring (bicyclic) bond motifs is 1. The standard InChI is InChI=1S/C24H33N5O4/c1-5-6-7-18(30)29(19(15(2)3)21(31)32)12-16-8-10-17(11-9-16)20-24(22-25-27-28-26-22)13-23(4,14-24)33-20/h8-11,15,19-20H,5-7,12-14H2,1-4H3,(H,31,32)(H,25,26,27,28)/t19-,20?,23?,24?/m0/s1. The van der Waals surface area contributed by atoms with Gasteiger partial charge in [0.25, 0.3) is 0 Å². The van der Waals surface area contributed by atoms with Crippen LogP contribution in [0.25, 0.3) is 0 Å². The Morgan fingerprint density at radius 2 is 1.97 bits per heavy atom. The van der Waals surface area contributed by atoms with Crippen molar-refractivity contribution < 1.29 is 19.4 Å². The second-order valence-electron chi connectivity index (χ2n) is 10.1. The fraction of sp³-hybridized carbons (Fsp3) is 0.625. The fourth-order valence-corrected chi connectivity index (χ4v) is 5.57. The van der Waals surface area contributed by atoms with E-state index in [0.717, 1.165) is 36.8 Å². The number of carbonyl (C=O) groups excluding carboxylic acids is 1. The van der Waals surface area contributed by atoms with Crippen LogP contribution >= 0.6 is 0 Å². The molecular weight excluding hydrogens is 422 g/mol. The number of nitrogens with zero attached hydrogens (tertiary/aromatic N) is 4. The van der Waals surface area contributed by atoms with E-state index in [4.69, 9.17) is 4.74 Å². The molecule has 1 amide bonds. The Labute approximate surface area is 193 Å². The van der Waals surface area contributed by atoms with Crippen LogP contribution in [0.5, 0.6) is 0 Å². The van der Waals surface area contributed by atoms with Crippen molar-refractivity contribution in [1.82, 2.24) is 25.5 Å². The third-order valence-corrected chi connectivity index (χ3v) is 6.99. The number of nitrogens with one attached hydrogen (secondary N) is 1. The van der Waals surface area contributed by atoms with Crippen LogP contribution in [-0.2, 0) is 26.3 Å². The van der Waals surface area contributed by atoms with E-state index < -0.39 is 12.0 Å². The van der Waals surface area contributed by atoms with Gasteiger partial charge in [-0.1, -0.05) is 56.7 Å². The molecule has 1 saturated carbocycles. The molecule has 1 aliphatic carbocycles. The second kappa shape index (κ2) is 8.85. The number of unbranched alkanes of at least 4 members (excludes halogenated alkanes) is 1. The smallest absolute Gasteiger partial charge is 0.326 e. The topological polar surface area (TPSA) is 121 Å². The van der Waals surface area contributed by atoms with E-state index >= 15 is 0 Å². The van der Waals surface area contributed by atoms with Gasteiger partial charge in [0.2, 0.25) is 5.91 Å². The Kier molecular flexibility index (Phi) is 6.26. The lowest BCUT2D eigenvalue weighted by Gasteiger charge is -2.41. The molecule has 0 spiro atoms. The van der Waals surface area contributed by atoms with Crippen molar-refractivity contribution in [2.75, 3.05) is 0 Å². The molecular formula is C24H33N5O4. The van der Waals surface area contributed by atoms with Crippen molar-refractivity contribution in [3.05, 3.63) is 41.2 Å². The van der Waals surface area contributed by atoms with E-state index in [-0.39, 0.29) is 35.5 Å². The molecule has 9 nitrogen and oxygen atoms in total. The summed E-state index contributed by atoms with van der Waals surface area (Å²) in [5, 5.41) is 24.6. The number of hydrogen-bond acceptors (Lipinski definition) is 6. The molecule has 3 heterocycles. The molecule has 3 aliphatic rings. The first kappa shape index (κ1) is 23.4. The molecule has 2 aliphatic heterocycles. The molecule has 2 bridgehead atoms. The maximum atomic E-state index is 12.9. The number of hydrogen-bond donors (Lipinski definition) is 2. The number of aliphatic carboxylic acids is 1. The van der Waals surface area contributed by atoms with E-state index in [1.807, 2.05) is 45.0 Å². The maximum absolute atomic E-state index is 12.9. The first-order valence-electron chi connectivity index (χ1n) is 11.7. The summed E-state index contributed by atoms with van der Waals surface area (Å²) in [7, 11) is 0. The molecule has 3 fully saturated rings. The van der Waals surface area contributed by atoms with Gasteiger partial charge < -0.3 is 14.7 Å². The van der Waals surface area contributed by atoms with Gasteiger partial charge >= 0.3 is 5.97 Å². The number of aromatic amines is 1. The average molecular weight is 456 g/mol. The lowest BCUT2D eigenvalue weighted by molar-refractivity contribution is -0.153. The third-order valence-electron chi connectivity index (χ3n) is 6.99. The highest BCUT2D eigenvalue weighted by Gasteiger charge is 2.68. The molecule has 0 radical (unpaired) electrons. The molecule has 1 aromatic heterocycles. The fourth-order valence-electron chi connectivity index (χ4n) is 5.57. The molecule has 2 atom stereocenters. The molecule has 178 valence electrons. The third kappa shape index (κ3) is 4.26. The number of H-pyrrole nitrogens is 1. The normalized spacial score (nSPS) is 26.8. The molecule has 9 heteroatoms. The molecule has 2 saturated heterocycles. The predicted octanol–water partition coefficient (Wildman–Crippen LogP) is 3.39. The summed E-state index contributed by atoms with van der Waals surface area (Å²) in [6, 6.07) is 7.07. The van der Waals surface area contributed by atoms with Crippen LogP contribution in [0.3, 0.4) is 0 Å². The summed E-state index contributed by atoms with van der Waals surface area (Å²) < 4.78 is 6.38. The highest BCUT2D eigenvalue weighted by Crippen LogP contribution is 2.66. The van der Waals surface area contributed by atoms with Crippen molar-refractivity contribution in [3.63, 3.8) is 0 Å². The lowest BCUT2D eigenvalue weighted by Crippen LogP contribution is -2.47. The summed E-state index contributed by atoms with van der Waals surface area (Å²) in [5.74, 6) is -0.603. The van der Waals surface area contributed by atoms with Crippen molar-refractivity contribution >= 4 is 11.9 Å². The average Bonchev–Trinajstić information content (AvgIpc) is 3.44. The van der Waals surface area contributed by atoms with Gasteiger partial charge in [0.05, 0.1) is 17.1 Å². The largest absolute Gasteiger partial charge is 0.480 e. The van der Waals surface area contributed by atoms with Crippen molar-refractivity contribution in [2.24, 2.45) is 5.92 Å². The van der Waals surface area contributed by atoms with Gasteiger partial charge in [-0.2, -0.15) is 5.21 Å². The number of aromatic nitrogens is 4. The maximum Gasteiger partial charge on any atom is 0.326 e. The van der Waals surface area contributed by atoms with Crippen LogP contribution in [0.1, 0.15) is 82.9 Å². The van der Waals surface area contributed by atoms with E-state index in [1.54, 1.807) is 0 Å². The molecule has 2 aromatic rings. The Morgan fingerprint density at radius 3 is 2.52 bits per heavy atom. The summed E-state index contributed by atoms with van der Waals surface area (Å²) in [4.78, 5) is 26.4. The van der Waals surface area contributed by atoms with Gasteiger partial charge in [-0.15, -0.1) is 10.2 Å². The van der Waals surface area contributed by atoms with E-state index in [9.17, 15) is 14.7 Å². The number of amides is 1. The summed E-state index contributed by atoms with van der Waals surface area (Å²) >= 11 is 0. The summed E-state index contributed by atoms with van der Waals surface area (Å²) in [6.45, 7) is 8.06. The number of carboxylic acids is 1. The Hall–Kier alpha value is -2.81. The lowest BCUT2D eigenvalue weighted by atomic mass is 9.59. The van der Waals surface area contributed by atoms with Crippen molar-refractivity contribution in [2.45, 2.75) is 89.5 Å². The zero-order valence-corrected chi connectivity index (χ0v) is 19.7. The zero-order valence-electron chi connectivity index (χ0n) is 19.7.